The second-order valence-corrected chi connectivity index (χ2v) is 7.16. The summed E-state index contributed by atoms with van der Waals surface area (Å²) in [7, 11) is 0. The minimum Gasteiger partial charge on any atom is -0.162 e. The monoisotopic (exact) mass is 312 g/mol. The van der Waals surface area contributed by atoms with E-state index >= 15 is 0 Å². The first-order chi connectivity index (χ1) is 8.16. The van der Waals surface area contributed by atoms with Gasteiger partial charge in [0, 0.05) is 4.47 Å². The number of aryl methyl sites for hydroxylation is 3. The summed E-state index contributed by atoms with van der Waals surface area (Å²) in [5.74, 6) is 3.73. The summed E-state index contributed by atoms with van der Waals surface area (Å²) in [6, 6.07) is 4.68. The van der Waals surface area contributed by atoms with E-state index < -0.39 is 0 Å². The van der Waals surface area contributed by atoms with E-state index in [0.717, 1.165) is 5.92 Å². The SMILES string of the molecule is Cc1cc(CCC2CCSCC2)cc(C)c1Br. The van der Waals surface area contributed by atoms with E-state index in [4.69, 9.17) is 0 Å². The Morgan fingerprint density at radius 1 is 1.18 bits per heavy atom. The van der Waals surface area contributed by atoms with Gasteiger partial charge < -0.3 is 0 Å². The Morgan fingerprint density at radius 2 is 1.76 bits per heavy atom. The standard InChI is InChI=1S/C15H21BrS/c1-11-9-14(10-12(2)15(11)16)4-3-13-5-7-17-8-6-13/h9-10,13H,3-8H2,1-2H3. The molecule has 2 heteroatoms. The third-order valence-corrected chi connectivity index (χ3v) is 5.98. The highest BCUT2D eigenvalue weighted by atomic mass is 79.9. The quantitative estimate of drug-likeness (QED) is 0.744. The van der Waals surface area contributed by atoms with Crippen LogP contribution in [0.5, 0.6) is 0 Å². The summed E-state index contributed by atoms with van der Waals surface area (Å²) < 4.78 is 1.27. The van der Waals surface area contributed by atoms with Gasteiger partial charge in [0.15, 0.2) is 0 Å². The molecule has 94 valence electrons. The van der Waals surface area contributed by atoms with E-state index in [1.165, 1.54) is 58.4 Å². The summed E-state index contributed by atoms with van der Waals surface area (Å²) in [6.45, 7) is 4.38. The Kier molecular flexibility index (Phi) is 4.98. The molecule has 0 atom stereocenters. The molecular weight excluding hydrogens is 292 g/mol. The summed E-state index contributed by atoms with van der Waals surface area (Å²) in [4.78, 5) is 0. The minimum absolute atomic E-state index is 0.973. The molecule has 0 aromatic heterocycles. The molecule has 0 N–H and O–H groups in total. The molecule has 17 heavy (non-hydrogen) atoms. The molecule has 0 amide bonds. The van der Waals surface area contributed by atoms with Crippen molar-refractivity contribution in [3.63, 3.8) is 0 Å². The maximum absolute atomic E-state index is 3.64. The molecule has 0 nitrogen and oxygen atoms in total. The second-order valence-electron chi connectivity index (χ2n) is 5.14. The zero-order valence-corrected chi connectivity index (χ0v) is 13.2. The van der Waals surface area contributed by atoms with Crippen molar-refractivity contribution in [3.05, 3.63) is 33.3 Å². The van der Waals surface area contributed by atoms with Crippen LogP contribution in [0.25, 0.3) is 0 Å². The second kappa shape index (κ2) is 6.29. The van der Waals surface area contributed by atoms with Gasteiger partial charge in [-0.25, -0.2) is 0 Å². The largest absolute Gasteiger partial charge is 0.162 e. The van der Waals surface area contributed by atoms with Gasteiger partial charge >= 0.3 is 0 Å². The van der Waals surface area contributed by atoms with Crippen LogP contribution >= 0.6 is 27.7 Å². The number of hydrogen-bond donors (Lipinski definition) is 0. The van der Waals surface area contributed by atoms with Gasteiger partial charge in [-0.2, -0.15) is 11.8 Å². The Balaban J connectivity index is 1.94. The summed E-state index contributed by atoms with van der Waals surface area (Å²) >= 11 is 5.76. The lowest BCUT2D eigenvalue weighted by molar-refractivity contribution is 0.454. The maximum atomic E-state index is 3.64. The van der Waals surface area contributed by atoms with Crippen molar-refractivity contribution in [2.75, 3.05) is 11.5 Å². The highest BCUT2D eigenvalue weighted by molar-refractivity contribution is 9.10. The molecule has 1 fully saturated rings. The van der Waals surface area contributed by atoms with Crippen molar-refractivity contribution in [2.24, 2.45) is 5.92 Å². The molecule has 1 saturated heterocycles. The Labute approximate surface area is 118 Å². The lowest BCUT2D eigenvalue weighted by Gasteiger charge is -2.21. The van der Waals surface area contributed by atoms with E-state index in [1.54, 1.807) is 0 Å². The van der Waals surface area contributed by atoms with Gasteiger partial charge in [0.1, 0.15) is 0 Å². The van der Waals surface area contributed by atoms with Crippen LogP contribution in [0.1, 0.15) is 36.0 Å². The zero-order valence-electron chi connectivity index (χ0n) is 10.8. The molecule has 0 radical (unpaired) electrons. The van der Waals surface area contributed by atoms with Gasteiger partial charge in [0.05, 0.1) is 0 Å². The van der Waals surface area contributed by atoms with E-state index in [1.807, 2.05) is 0 Å². The third-order valence-electron chi connectivity index (χ3n) is 3.68. The molecule has 0 aliphatic carbocycles. The van der Waals surface area contributed by atoms with Crippen LogP contribution in [-0.4, -0.2) is 11.5 Å². The van der Waals surface area contributed by atoms with Crippen LogP contribution in [0, 0.1) is 19.8 Å². The smallest absolute Gasteiger partial charge is 0.0233 e. The molecule has 0 unspecified atom stereocenters. The molecule has 1 aromatic rings. The summed E-state index contributed by atoms with van der Waals surface area (Å²) in [5.41, 5.74) is 4.26. The van der Waals surface area contributed by atoms with Crippen molar-refractivity contribution in [3.8, 4) is 0 Å². The minimum atomic E-state index is 0.973. The molecule has 1 aliphatic rings. The molecule has 1 aliphatic heterocycles. The number of hydrogen-bond acceptors (Lipinski definition) is 1. The predicted molar refractivity (Wildman–Crippen MR) is 82.0 cm³/mol. The maximum Gasteiger partial charge on any atom is 0.0233 e. The van der Waals surface area contributed by atoms with Crippen LogP contribution in [0.4, 0.5) is 0 Å². The zero-order chi connectivity index (χ0) is 12.3. The van der Waals surface area contributed by atoms with Crippen LogP contribution in [-0.2, 0) is 6.42 Å². The molecular formula is C15H21BrS. The van der Waals surface area contributed by atoms with Crippen LogP contribution in [0.3, 0.4) is 0 Å². The number of thioether (sulfide) groups is 1. The van der Waals surface area contributed by atoms with Crippen molar-refractivity contribution < 1.29 is 0 Å². The number of rotatable bonds is 3. The van der Waals surface area contributed by atoms with Gasteiger partial charge in [-0.1, -0.05) is 28.1 Å². The van der Waals surface area contributed by atoms with Crippen molar-refractivity contribution >= 4 is 27.7 Å². The fourth-order valence-electron chi connectivity index (χ4n) is 2.59. The van der Waals surface area contributed by atoms with Gasteiger partial charge in [0.25, 0.3) is 0 Å². The van der Waals surface area contributed by atoms with Gasteiger partial charge in [0.2, 0.25) is 0 Å². The van der Waals surface area contributed by atoms with Crippen LogP contribution in [0.15, 0.2) is 16.6 Å². The fourth-order valence-corrected chi connectivity index (χ4v) is 4.02. The van der Waals surface area contributed by atoms with E-state index in [0.29, 0.717) is 0 Å². The van der Waals surface area contributed by atoms with Crippen LogP contribution < -0.4 is 0 Å². The first-order valence-electron chi connectivity index (χ1n) is 6.50. The first kappa shape index (κ1) is 13.5. The lowest BCUT2D eigenvalue weighted by Crippen LogP contribution is -2.10. The molecule has 2 rings (SSSR count). The van der Waals surface area contributed by atoms with Crippen LogP contribution in [0.2, 0.25) is 0 Å². The summed E-state index contributed by atoms with van der Waals surface area (Å²) in [5, 5.41) is 0. The normalized spacial score (nSPS) is 17.4. The topological polar surface area (TPSA) is 0 Å². The molecule has 1 heterocycles. The average molecular weight is 313 g/mol. The average Bonchev–Trinajstić information content (AvgIpc) is 2.34. The molecule has 0 saturated carbocycles. The van der Waals surface area contributed by atoms with E-state index in [-0.39, 0.29) is 0 Å². The Morgan fingerprint density at radius 3 is 2.35 bits per heavy atom. The first-order valence-corrected chi connectivity index (χ1v) is 8.45. The number of benzene rings is 1. The summed E-state index contributed by atoms with van der Waals surface area (Å²) in [6.07, 6.45) is 5.49. The lowest BCUT2D eigenvalue weighted by atomic mass is 9.93. The third kappa shape index (κ3) is 3.75. The highest BCUT2D eigenvalue weighted by Gasteiger charge is 2.13. The molecule has 1 aromatic carbocycles. The highest BCUT2D eigenvalue weighted by Crippen LogP contribution is 2.28. The van der Waals surface area contributed by atoms with Gasteiger partial charge in [-0.3, -0.25) is 0 Å². The Hall–Kier alpha value is 0.0500. The Bertz CT molecular complexity index is 358. The van der Waals surface area contributed by atoms with Crippen molar-refractivity contribution in [1.82, 2.24) is 0 Å². The molecule has 0 spiro atoms. The van der Waals surface area contributed by atoms with Gasteiger partial charge in [-0.15, -0.1) is 0 Å². The fraction of sp³-hybridized carbons (Fsp3) is 0.600. The van der Waals surface area contributed by atoms with Crippen molar-refractivity contribution in [1.29, 1.82) is 0 Å². The van der Waals surface area contributed by atoms with Crippen molar-refractivity contribution in [2.45, 2.75) is 39.5 Å². The van der Waals surface area contributed by atoms with E-state index in [9.17, 15) is 0 Å². The predicted octanol–water partition coefficient (Wildman–Crippen LogP) is 5.14. The number of halogens is 1. The molecule has 0 bridgehead atoms. The van der Waals surface area contributed by atoms with E-state index in [2.05, 4.69) is 53.7 Å². The van der Waals surface area contributed by atoms with Gasteiger partial charge in [-0.05, 0) is 73.6 Å².